The molecule has 1 N–H and O–H groups in total. The van der Waals surface area contributed by atoms with Crippen molar-refractivity contribution in [1.82, 2.24) is 9.47 Å². The van der Waals surface area contributed by atoms with Crippen LogP contribution in [0.3, 0.4) is 0 Å². The van der Waals surface area contributed by atoms with Gasteiger partial charge < -0.3 is 9.67 Å². The number of aromatic nitrogens is 1. The fourth-order valence-corrected chi connectivity index (χ4v) is 3.96. The highest BCUT2D eigenvalue weighted by molar-refractivity contribution is 8.26. The molecule has 0 radical (unpaired) electrons. The number of carboxylic acid groups (broad SMARTS) is 1. The molecule has 1 saturated heterocycles. The molecule has 24 heavy (non-hydrogen) atoms. The highest BCUT2D eigenvalue weighted by Gasteiger charge is 2.31. The molecule has 124 valence electrons. The van der Waals surface area contributed by atoms with Gasteiger partial charge >= 0.3 is 5.97 Å². The van der Waals surface area contributed by atoms with Crippen molar-refractivity contribution in [3.63, 3.8) is 0 Å². The summed E-state index contributed by atoms with van der Waals surface area (Å²) in [6, 6.07) is 10.1. The lowest BCUT2D eigenvalue weighted by molar-refractivity contribution is -0.137. The average Bonchev–Trinajstić information content (AvgIpc) is 2.99. The van der Waals surface area contributed by atoms with Crippen LogP contribution in [0.1, 0.15) is 18.5 Å². The zero-order valence-electron chi connectivity index (χ0n) is 13.1. The maximum atomic E-state index is 12.5. The predicted molar refractivity (Wildman–Crippen MR) is 99.7 cm³/mol. The third-order valence-corrected chi connectivity index (χ3v) is 5.29. The standard InChI is InChI=1S/C17H16N2O3S2/c1-18-12(9-11-5-2-3-6-13(11)18)10-14-16(22)19(17(23)24-14)8-4-7-15(20)21/h2-3,5-6,9-10H,4,7-8H2,1H3,(H,20,21)/b14-10-. The summed E-state index contributed by atoms with van der Waals surface area (Å²) < 4.78 is 2.52. The number of carboxylic acids is 1. The number of thiocarbonyl (C=S) groups is 1. The summed E-state index contributed by atoms with van der Waals surface area (Å²) in [6.45, 7) is 0.337. The van der Waals surface area contributed by atoms with Crippen LogP contribution < -0.4 is 0 Å². The molecule has 2 heterocycles. The zero-order valence-corrected chi connectivity index (χ0v) is 14.7. The Balaban J connectivity index is 1.82. The minimum absolute atomic E-state index is 0.0271. The van der Waals surface area contributed by atoms with Crippen molar-refractivity contribution in [2.45, 2.75) is 12.8 Å². The molecule has 1 aliphatic heterocycles. The maximum Gasteiger partial charge on any atom is 0.303 e. The third kappa shape index (κ3) is 3.22. The molecule has 2 aromatic rings. The van der Waals surface area contributed by atoms with Gasteiger partial charge in [-0.15, -0.1) is 0 Å². The average molecular weight is 360 g/mol. The summed E-state index contributed by atoms with van der Waals surface area (Å²) in [4.78, 5) is 25.2. The van der Waals surface area contributed by atoms with Crippen LogP contribution >= 0.6 is 24.0 Å². The smallest absolute Gasteiger partial charge is 0.303 e. The van der Waals surface area contributed by atoms with E-state index in [4.69, 9.17) is 17.3 Å². The Bertz CT molecular complexity index is 870. The second-order valence-electron chi connectivity index (χ2n) is 5.52. The maximum absolute atomic E-state index is 12.5. The van der Waals surface area contributed by atoms with Gasteiger partial charge in [-0.25, -0.2) is 0 Å². The van der Waals surface area contributed by atoms with Gasteiger partial charge in [0.1, 0.15) is 4.32 Å². The molecule has 7 heteroatoms. The molecule has 0 unspecified atom stereocenters. The number of aliphatic carboxylic acids is 1. The van der Waals surface area contributed by atoms with Crippen LogP contribution in [-0.2, 0) is 16.6 Å². The van der Waals surface area contributed by atoms with Gasteiger partial charge in [0.15, 0.2) is 0 Å². The van der Waals surface area contributed by atoms with Crippen LogP contribution in [-0.4, -0.2) is 37.3 Å². The van der Waals surface area contributed by atoms with E-state index in [1.807, 2.05) is 48.0 Å². The topological polar surface area (TPSA) is 62.5 Å². The Kier molecular flexibility index (Phi) is 4.73. The van der Waals surface area contributed by atoms with Crippen molar-refractivity contribution in [2.24, 2.45) is 7.05 Å². The lowest BCUT2D eigenvalue weighted by atomic mass is 10.2. The summed E-state index contributed by atoms with van der Waals surface area (Å²) in [5, 5.41) is 9.82. The van der Waals surface area contributed by atoms with Crippen LogP contribution in [0.4, 0.5) is 0 Å². The first-order valence-electron chi connectivity index (χ1n) is 7.49. The molecule has 1 aliphatic rings. The van der Waals surface area contributed by atoms with Crippen molar-refractivity contribution in [3.8, 4) is 0 Å². The van der Waals surface area contributed by atoms with E-state index in [-0.39, 0.29) is 12.3 Å². The molecule has 0 bridgehead atoms. The summed E-state index contributed by atoms with van der Waals surface area (Å²) >= 11 is 6.52. The van der Waals surface area contributed by atoms with Gasteiger partial charge in [-0.05, 0) is 24.6 Å². The Labute approximate surface area is 148 Å². The van der Waals surface area contributed by atoms with E-state index in [9.17, 15) is 9.59 Å². The van der Waals surface area contributed by atoms with E-state index in [0.717, 1.165) is 16.6 Å². The fraction of sp³-hybridized carbons (Fsp3) is 0.235. The van der Waals surface area contributed by atoms with Crippen molar-refractivity contribution >= 4 is 57.2 Å². The molecule has 5 nitrogen and oxygen atoms in total. The summed E-state index contributed by atoms with van der Waals surface area (Å²) in [7, 11) is 1.96. The molecular weight excluding hydrogens is 344 g/mol. The van der Waals surface area contributed by atoms with Crippen LogP contribution in [0.25, 0.3) is 17.0 Å². The number of nitrogens with zero attached hydrogens (tertiary/aromatic N) is 2. The van der Waals surface area contributed by atoms with Crippen LogP contribution in [0.5, 0.6) is 0 Å². The van der Waals surface area contributed by atoms with Crippen LogP contribution in [0.2, 0.25) is 0 Å². The number of carbonyl (C=O) groups excluding carboxylic acids is 1. The van der Waals surface area contributed by atoms with Gasteiger partial charge in [0.2, 0.25) is 0 Å². The number of fused-ring (bicyclic) bond motifs is 1. The first-order valence-corrected chi connectivity index (χ1v) is 8.71. The number of aryl methyl sites for hydroxylation is 1. The summed E-state index contributed by atoms with van der Waals surface area (Å²) in [6.07, 6.45) is 2.26. The Morgan fingerprint density at radius 2 is 2.12 bits per heavy atom. The quantitative estimate of drug-likeness (QED) is 0.655. The molecular formula is C17H16N2O3S2. The number of hydrogen-bond acceptors (Lipinski definition) is 4. The minimum atomic E-state index is -0.869. The van der Waals surface area contributed by atoms with Gasteiger partial charge in [0.25, 0.3) is 5.91 Å². The minimum Gasteiger partial charge on any atom is -0.481 e. The van der Waals surface area contributed by atoms with E-state index in [1.54, 1.807) is 0 Å². The van der Waals surface area contributed by atoms with E-state index in [2.05, 4.69) is 0 Å². The molecule has 0 saturated carbocycles. The molecule has 1 fully saturated rings. The van der Waals surface area contributed by atoms with Crippen molar-refractivity contribution in [3.05, 3.63) is 40.9 Å². The summed E-state index contributed by atoms with van der Waals surface area (Å²) in [5.41, 5.74) is 2.03. The number of hydrogen-bond donors (Lipinski definition) is 1. The summed E-state index contributed by atoms with van der Waals surface area (Å²) in [5.74, 6) is -1.02. The molecule has 0 spiro atoms. The van der Waals surface area contributed by atoms with Gasteiger partial charge in [-0.2, -0.15) is 0 Å². The lowest BCUT2D eigenvalue weighted by Gasteiger charge is -2.13. The van der Waals surface area contributed by atoms with E-state index < -0.39 is 5.97 Å². The highest BCUT2D eigenvalue weighted by atomic mass is 32.2. The van der Waals surface area contributed by atoms with Crippen LogP contribution in [0, 0.1) is 0 Å². The van der Waals surface area contributed by atoms with E-state index in [1.165, 1.54) is 16.7 Å². The van der Waals surface area contributed by atoms with Gasteiger partial charge in [-0.3, -0.25) is 14.5 Å². The molecule has 0 aliphatic carbocycles. The molecule has 1 aromatic heterocycles. The van der Waals surface area contributed by atoms with E-state index in [0.29, 0.717) is 22.2 Å². The van der Waals surface area contributed by atoms with Gasteiger partial charge in [0, 0.05) is 36.6 Å². The molecule has 0 atom stereocenters. The molecule has 1 amide bonds. The largest absolute Gasteiger partial charge is 0.481 e. The first-order chi connectivity index (χ1) is 11.5. The Hall–Kier alpha value is -2.12. The van der Waals surface area contributed by atoms with Crippen LogP contribution in [0.15, 0.2) is 35.2 Å². The Morgan fingerprint density at radius 3 is 2.83 bits per heavy atom. The van der Waals surface area contributed by atoms with Crippen molar-refractivity contribution in [2.75, 3.05) is 6.54 Å². The first kappa shape index (κ1) is 16.7. The predicted octanol–water partition coefficient (Wildman–Crippen LogP) is 3.24. The van der Waals surface area contributed by atoms with Gasteiger partial charge in [0.05, 0.1) is 4.91 Å². The zero-order chi connectivity index (χ0) is 17.3. The number of carbonyl (C=O) groups is 2. The molecule has 1 aromatic carbocycles. The monoisotopic (exact) mass is 360 g/mol. The Morgan fingerprint density at radius 1 is 1.38 bits per heavy atom. The second-order valence-corrected chi connectivity index (χ2v) is 7.19. The van der Waals surface area contributed by atoms with Crippen molar-refractivity contribution < 1.29 is 14.7 Å². The van der Waals surface area contributed by atoms with Crippen molar-refractivity contribution in [1.29, 1.82) is 0 Å². The number of amides is 1. The number of rotatable bonds is 5. The van der Waals surface area contributed by atoms with E-state index >= 15 is 0 Å². The molecule has 3 rings (SSSR count). The number of benzene rings is 1. The lowest BCUT2D eigenvalue weighted by Crippen LogP contribution is -2.29. The SMILES string of the molecule is Cn1c(/C=C2\SC(=S)N(CCCC(=O)O)C2=O)cc2ccccc21. The number of thioether (sulfide) groups is 1. The van der Waals surface area contributed by atoms with Gasteiger partial charge in [-0.1, -0.05) is 42.2 Å². The normalized spacial score (nSPS) is 16.5. The highest BCUT2D eigenvalue weighted by Crippen LogP contribution is 2.33. The fourth-order valence-electron chi connectivity index (χ4n) is 2.66. The number of para-hydroxylation sites is 1. The third-order valence-electron chi connectivity index (χ3n) is 3.91. The second kappa shape index (κ2) is 6.78.